The lowest BCUT2D eigenvalue weighted by atomic mass is 10.2. The van der Waals surface area contributed by atoms with Gasteiger partial charge in [0.05, 0.1) is 5.25 Å². The molecule has 2 N–H and O–H groups in total. The summed E-state index contributed by atoms with van der Waals surface area (Å²) in [6.07, 6.45) is 4.07. The van der Waals surface area contributed by atoms with Crippen molar-refractivity contribution in [2.45, 2.75) is 43.4 Å². The smallest absolute Gasteiger partial charge is 0.218 e. The molecule has 0 aromatic carbocycles. The normalized spacial score (nSPS) is 31.8. The Hall–Kier alpha value is -0.170. The quantitative estimate of drug-likeness (QED) is 0.743. The fourth-order valence-corrected chi connectivity index (χ4v) is 5.03. The maximum absolute atomic E-state index is 12.5. The van der Waals surface area contributed by atoms with E-state index in [0.29, 0.717) is 19.5 Å². The second kappa shape index (κ2) is 5.65. The van der Waals surface area contributed by atoms with Crippen LogP contribution in [0, 0.1) is 0 Å². The zero-order chi connectivity index (χ0) is 12.3. The van der Waals surface area contributed by atoms with Gasteiger partial charge in [0.2, 0.25) is 10.0 Å². The maximum atomic E-state index is 12.5. The molecule has 0 amide bonds. The highest BCUT2D eigenvalue weighted by molar-refractivity contribution is 7.89. The van der Waals surface area contributed by atoms with Gasteiger partial charge < -0.3 is 10.4 Å². The summed E-state index contributed by atoms with van der Waals surface area (Å²) in [5.74, 6) is 0. The van der Waals surface area contributed by atoms with Crippen LogP contribution in [0.5, 0.6) is 0 Å². The summed E-state index contributed by atoms with van der Waals surface area (Å²) < 4.78 is 26.6. The topological polar surface area (TPSA) is 69.6 Å². The summed E-state index contributed by atoms with van der Waals surface area (Å²) >= 11 is 0. The highest BCUT2D eigenvalue weighted by atomic mass is 32.2. The zero-order valence-corrected chi connectivity index (χ0v) is 11.0. The highest BCUT2D eigenvalue weighted by Gasteiger charge is 2.39. The molecule has 2 saturated heterocycles. The van der Waals surface area contributed by atoms with Crippen molar-refractivity contribution in [3.8, 4) is 0 Å². The van der Waals surface area contributed by atoms with Crippen LogP contribution in [-0.4, -0.2) is 55.4 Å². The Balaban J connectivity index is 2.07. The Morgan fingerprint density at radius 3 is 2.76 bits per heavy atom. The van der Waals surface area contributed by atoms with Crippen LogP contribution in [-0.2, 0) is 10.0 Å². The van der Waals surface area contributed by atoms with Crippen molar-refractivity contribution in [1.82, 2.24) is 9.62 Å². The Labute approximate surface area is 103 Å². The van der Waals surface area contributed by atoms with Gasteiger partial charge in [-0.3, -0.25) is 0 Å². The van der Waals surface area contributed by atoms with Gasteiger partial charge >= 0.3 is 0 Å². The first-order valence-corrected chi connectivity index (χ1v) is 7.99. The standard InChI is InChI=1S/C11H22N2O3S/c14-8-5-10-3-2-7-13(10)17(15,16)11-4-1-6-12-9-11/h10-12,14H,1-9H2. The van der Waals surface area contributed by atoms with Gasteiger partial charge in [-0.25, -0.2) is 8.42 Å². The third kappa shape index (κ3) is 2.81. The molecule has 0 saturated carbocycles. The first-order valence-electron chi connectivity index (χ1n) is 6.48. The molecule has 0 spiro atoms. The van der Waals surface area contributed by atoms with Crippen LogP contribution in [0.25, 0.3) is 0 Å². The SMILES string of the molecule is O=S(=O)(C1CCCNC1)N1CCCC1CCO. The first-order chi connectivity index (χ1) is 8.16. The lowest BCUT2D eigenvalue weighted by molar-refractivity contribution is 0.245. The van der Waals surface area contributed by atoms with Gasteiger partial charge in [-0.1, -0.05) is 0 Å². The molecule has 100 valence electrons. The van der Waals surface area contributed by atoms with Crippen molar-refractivity contribution < 1.29 is 13.5 Å². The minimum Gasteiger partial charge on any atom is -0.396 e. The third-order valence-electron chi connectivity index (χ3n) is 3.79. The summed E-state index contributed by atoms with van der Waals surface area (Å²) in [6.45, 7) is 2.19. The summed E-state index contributed by atoms with van der Waals surface area (Å²) in [7, 11) is -3.17. The van der Waals surface area contributed by atoms with E-state index in [2.05, 4.69) is 5.32 Å². The minimum absolute atomic E-state index is 0.0203. The van der Waals surface area contributed by atoms with E-state index >= 15 is 0 Å². The number of hydrogen-bond acceptors (Lipinski definition) is 4. The van der Waals surface area contributed by atoms with Gasteiger partial charge in [-0.05, 0) is 38.6 Å². The molecule has 2 rings (SSSR count). The van der Waals surface area contributed by atoms with Gasteiger partial charge in [0, 0.05) is 25.7 Å². The summed E-state index contributed by atoms with van der Waals surface area (Å²) in [6, 6.07) is 0.0203. The molecular weight excluding hydrogens is 240 g/mol. The number of sulfonamides is 1. The second-order valence-corrected chi connectivity index (χ2v) is 7.10. The highest BCUT2D eigenvalue weighted by Crippen LogP contribution is 2.27. The Kier molecular flexibility index (Phi) is 4.41. The van der Waals surface area contributed by atoms with Crippen LogP contribution in [0.1, 0.15) is 32.1 Å². The number of hydrogen-bond donors (Lipinski definition) is 2. The van der Waals surface area contributed by atoms with E-state index in [0.717, 1.165) is 32.2 Å². The molecule has 17 heavy (non-hydrogen) atoms. The molecule has 5 nitrogen and oxygen atoms in total. The van der Waals surface area contributed by atoms with Gasteiger partial charge in [0.1, 0.15) is 0 Å². The number of aliphatic hydroxyl groups is 1. The number of nitrogens with zero attached hydrogens (tertiary/aromatic N) is 1. The van der Waals surface area contributed by atoms with Crippen molar-refractivity contribution in [3.05, 3.63) is 0 Å². The number of piperidine rings is 1. The zero-order valence-electron chi connectivity index (χ0n) is 10.1. The van der Waals surface area contributed by atoms with Crippen LogP contribution in [0.2, 0.25) is 0 Å². The lowest BCUT2D eigenvalue weighted by Gasteiger charge is -2.30. The van der Waals surface area contributed by atoms with Crippen molar-refractivity contribution in [2.24, 2.45) is 0 Å². The molecule has 0 aromatic rings. The van der Waals surface area contributed by atoms with Crippen molar-refractivity contribution in [2.75, 3.05) is 26.2 Å². The fourth-order valence-electron chi connectivity index (χ4n) is 2.85. The van der Waals surface area contributed by atoms with Crippen molar-refractivity contribution in [3.63, 3.8) is 0 Å². The monoisotopic (exact) mass is 262 g/mol. The molecule has 0 aromatic heterocycles. The van der Waals surface area contributed by atoms with Gasteiger partial charge in [-0.2, -0.15) is 4.31 Å². The van der Waals surface area contributed by atoms with Crippen molar-refractivity contribution >= 4 is 10.0 Å². The van der Waals surface area contributed by atoms with Crippen LogP contribution in [0.3, 0.4) is 0 Å². The van der Waals surface area contributed by atoms with E-state index in [4.69, 9.17) is 5.11 Å². The molecule has 2 heterocycles. The van der Waals surface area contributed by atoms with E-state index in [1.807, 2.05) is 0 Å². The molecule has 2 fully saturated rings. The summed E-state index contributed by atoms with van der Waals surface area (Å²) in [5.41, 5.74) is 0. The molecule has 0 aliphatic carbocycles. The predicted octanol–water partition coefficient (Wildman–Crippen LogP) is -0.0850. The van der Waals surface area contributed by atoms with E-state index < -0.39 is 10.0 Å². The lowest BCUT2D eigenvalue weighted by Crippen LogP contribution is -2.47. The number of aliphatic hydroxyl groups excluding tert-OH is 1. The van der Waals surface area contributed by atoms with Crippen LogP contribution in [0.4, 0.5) is 0 Å². The van der Waals surface area contributed by atoms with Gasteiger partial charge in [-0.15, -0.1) is 0 Å². The third-order valence-corrected chi connectivity index (χ3v) is 6.16. The summed E-state index contributed by atoms with van der Waals surface area (Å²) in [5, 5.41) is 11.9. The van der Waals surface area contributed by atoms with Crippen LogP contribution < -0.4 is 5.32 Å². The number of nitrogens with one attached hydrogen (secondary N) is 1. The molecule has 2 atom stereocenters. The molecule has 0 radical (unpaired) electrons. The maximum Gasteiger partial charge on any atom is 0.218 e. The number of rotatable bonds is 4. The van der Waals surface area contributed by atoms with E-state index in [1.165, 1.54) is 0 Å². The molecule has 6 heteroatoms. The van der Waals surface area contributed by atoms with Crippen molar-refractivity contribution in [1.29, 1.82) is 0 Å². The van der Waals surface area contributed by atoms with E-state index in [-0.39, 0.29) is 17.9 Å². The molecular formula is C11H22N2O3S. The largest absolute Gasteiger partial charge is 0.396 e. The summed E-state index contributed by atoms with van der Waals surface area (Å²) in [4.78, 5) is 0. The fraction of sp³-hybridized carbons (Fsp3) is 1.00. The minimum atomic E-state index is -3.17. The molecule has 2 unspecified atom stereocenters. The Morgan fingerprint density at radius 2 is 2.12 bits per heavy atom. The van der Waals surface area contributed by atoms with Crippen LogP contribution in [0.15, 0.2) is 0 Å². The molecule has 2 aliphatic rings. The van der Waals surface area contributed by atoms with Gasteiger partial charge in [0.25, 0.3) is 0 Å². The first kappa shape index (κ1) is 13.3. The predicted molar refractivity (Wildman–Crippen MR) is 66.2 cm³/mol. The van der Waals surface area contributed by atoms with Crippen LogP contribution >= 0.6 is 0 Å². The van der Waals surface area contributed by atoms with Gasteiger partial charge in [0.15, 0.2) is 0 Å². The Bertz CT molecular complexity index is 339. The van der Waals surface area contributed by atoms with E-state index in [1.54, 1.807) is 4.31 Å². The average Bonchev–Trinajstić information content (AvgIpc) is 2.80. The molecule has 0 bridgehead atoms. The average molecular weight is 262 g/mol. The second-order valence-electron chi connectivity index (χ2n) is 4.93. The Morgan fingerprint density at radius 1 is 1.29 bits per heavy atom. The van der Waals surface area contributed by atoms with E-state index in [9.17, 15) is 8.42 Å². The molecule has 2 aliphatic heterocycles.